The highest BCUT2D eigenvalue weighted by molar-refractivity contribution is 7.71. The zero-order chi connectivity index (χ0) is 24.0. The van der Waals surface area contributed by atoms with Crippen molar-refractivity contribution in [1.82, 2.24) is 3.96 Å². The Labute approximate surface area is 209 Å². The number of rotatable bonds is 4. The van der Waals surface area contributed by atoms with Crippen molar-refractivity contribution in [1.29, 1.82) is 0 Å². The van der Waals surface area contributed by atoms with E-state index in [1.807, 2.05) is 59.5 Å². The molecule has 1 aliphatic rings. The maximum Gasteiger partial charge on any atom is 0.232 e. The minimum absolute atomic E-state index is 0.0715. The lowest BCUT2D eigenvalue weighted by Gasteiger charge is -2.43. The number of aromatic nitrogens is 1. The molecule has 0 atom stereocenters. The quantitative estimate of drug-likeness (QED) is 0.289. The predicted octanol–water partition coefficient (Wildman–Crippen LogP) is 7.08. The summed E-state index contributed by atoms with van der Waals surface area (Å²) in [6, 6.07) is 24.1. The largest absolute Gasteiger partial charge is 0.497 e. The van der Waals surface area contributed by atoms with Crippen molar-refractivity contribution in [2.24, 2.45) is 0 Å². The van der Waals surface area contributed by atoms with Gasteiger partial charge >= 0.3 is 0 Å². The van der Waals surface area contributed by atoms with Gasteiger partial charge in [0.15, 0.2) is 0 Å². The highest BCUT2D eigenvalue weighted by Crippen LogP contribution is 2.51. The summed E-state index contributed by atoms with van der Waals surface area (Å²) in [7, 11) is 1.66. The molecule has 0 aliphatic carbocycles. The van der Waals surface area contributed by atoms with E-state index in [1.54, 1.807) is 18.6 Å². The van der Waals surface area contributed by atoms with Gasteiger partial charge in [-0.1, -0.05) is 65.7 Å². The number of hydrogen-bond donors (Lipinski definition) is 0. The van der Waals surface area contributed by atoms with Crippen LogP contribution in [0.5, 0.6) is 5.75 Å². The van der Waals surface area contributed by atoms with E-state index in [0.717, 1.165) is 48.9 Å². The fourth-order valence-corrected chi connectivity index (χ4v) is 6.35. The summed E-state index contributed by atoms with van der Waals surface area (Å²) in [5.41, 5.74) is 5.54. The molecule has 0 unspecified atom stereocenters. The molecule has 0 saturated carbocycles. The predicted molar refractivity (Wildman–Crippen MR) is 142 cm³/mol. The van der Waals surface area contributed by atoms with Crippen molar-refractivity contribution in [3.63, 3.8) is 0 Å². The molecule has 6 heteroatoms. The summed E-state index contributed by atoms with van der Waals surface area (Å²) in [6.45, 7) is 6.30. The first-order valence-electron chi connectivity index (χ1n) is 11.2. The van der Waals surface area contributed by atoms with Crippen molar-refractivity contribution in [3.05, 3.63) is 93.4 Å². The maximum atomic E-state index is 13.8. The first-order valence-corrected chi connectivity index (χ1v) is 12.4. The van der Waals surface area contributed by atoms with Crippen LogP contribution in [0.25, 0.3) is 16.8 Å². The molecule has 3 aromatic carbocycles. The van der Waals surface area contributed by atoms with Gasteiger partial charge in [0.1, 0.15) is 10.4 Å². The van der Waals surface area contributed by atoms with Crippen LogP contribution in [0.3, 0.4) is 0 Å². The number of amides is 1. The fraction of sp³-hybridized carbons (Fsp3) is 0.214. The van der Waals surface area contributed by atoms with Crippen LogP contribution in [0.2, 0.25) is 0 Å². The molecule has 1 amide bonds. The van der Waals surface area contributed by atoms with Crippen LogP contribution < -0.4 is 9.64 Å². The van der Waals surface area contributed by atoms with Gasteiger partial charge in [-0.05, 0) is 62.7 Å². The van der Waals surface area contributed by atoms with Crippen molar-refractivity contribution >= 4 is 35.3 Å². The monoisotopic (exact) mass is 486 g/mol. The second kappa shape index (κ2) is 8.53. The van der Waals surface area contributed by atoms with Crippen LogP contribution in [0.15, 0.2) is 72.8 Å². The van der Waals surface area contributed by atoms with Crippen LogP contribution >= 0.6 is 23.8 Å². The van der Waals surface area contributed by atoms with E-state index in [2.05, 4.69) is 42.9 Å². The summed E-state index contributed by atoms with van der Waals surface area (Å²) in [5.74, 6) is 0.873. The smallest absolute Gasteiger partial charge is 0.232 e. The third kappa shape index (κ3) is 3.67. The fourth-order valence-electron chi connectivity index (χ4n) is 4.66. The lowest BCUT2D eigenvalue weighted by molar-refractivity contribution is -0.119. The SMILES string of the molecule is COc1ccc(-n2sc3c(c2=S)-c2cc(C)ccc2N(C(=O)Cc2ccccc2)C3(C)C)cc1. The normalized spacial score (nSPS) is 13.8. The molecule has 34 heavy (non-hydrogen) atoms. The number of aryl methyl sites for hydroxylation is 1. The molecule has 0 N–H and O–H groups in total. The van der Waals surface area contributed by atoms with Gasteiger partial charge in [0.2, 0.25) is 5.91 Å². The minimum atomic E-state index is -0.556. The molecule has 0 saturated heterocycles. The Morgan fingerprint density at radius 2 is 1.74 bits per heavy atom. The summed E-state index contributed by atoms with van der Waals surface area (Å²) in [5, 5.41) is 0. The van der Waals surface area contributed by atoms with Crippen molar-refractivity contribution in [2.75, 3.05) is 12.0 Å². The van der Waals surface area contributed by atoms with E-state index in [0.29, 0.717) is 6.42 Å². The molecular weight excluding hydrogens is 460 g/mol. The van der Waals surface area contributed by atoms with E-state index in [1.165, 1.54) is 0 Å². The second-order valence-electron chi connectivity index (χ2n) is 9.06. The first kappa shape index (κ1) is 22.6. The second-order valence-corrected chi connectivity index (χ2v) is 10.4. The van der Waals surface area contributed by atoms with E-state index in [4.69, 9.17) is 17.0 Å². The van der Waals surface area contributed by atoms with Crippen molar-refractivity contribution in [2.45, 2.75) is 32.7 Å². The molecule has 1 aromatic heterocycles. The molecular formula is C28H26N2O2S2. The minimum Gasteiger partial charge on any atom is -0.497 e. The maximum absolute atomic E-state index is 13.8. The van der Waals surface area contributed by atoms with Crippen LogP contribution in [0.1, 0.15) is 29.9 Å². The topological polar surface area (TPSA) is 34.5 Å². The Hall–Kier alpha value is -3.22. The molecule has 0 bridgehead atoms. The zero-order valence-electron chi connectivity index (χ0n) is 19.7. The van der Waals surface area contributed by atoms with Gasteiger partial charge in [-0.25, -0.2) is 0 Å². The van der Waals surface area contributed by atoms with Crippen LogP contribution in [-0.4, -0.2) is 17.0 Å². The summed E-state index contributed by atoms with van der Waals surface area (Å²) < 4.78 is 8.17. The van der Waals surface area contributed by atoms with E-state index in [9.17, 15) is 4.79 Å². The van der Waals surface area contributed by atoms with Crippen LogP contribution in [0.4, 0.5) is 5.69 Å². The van der Waals surface area contributed by atoms with Gasteiger partial charge in [0, 0.05) is 11.1 Å². The van der Waals surface area contributed by atoms with Crippen LogP contribution in [-0.2, 0) is 16.8 Å². The van der Waals surface area contributed by atoms with E-state index in [-0.39, 0.29) is 5.91 Å². The lowest BCUT2D eigenvalue weighted by atomic mass is 9.86. The molecule has 2 heterocycles. The number of nitrogens with zero attached hydrogens (tertiary/aromatic N) is 2. The van der Waals surface area contributed by atoms with Gasteiger partial charge in [-0.2, -0.15) is 0 Å². The number of ether oxygens (including phenoxy) is 1. The number of fused-ring (bicyclic) bond motifs is 3. The standard InChI is InChI=1S/C28H26N2O2S2/c1-18-10-15-23-22(16-18)25-26(34-30(27(25)33)20-11-13-21(32-4)14-12-20)28(2,3)29(23)24(31)17-19-8-6-5-7-9-19/h5-16H,17H2,1-4H3. The highest BCUT2D eigenvalue weighted by Gasteiger charge is 2.43. The van der Waals surface area contributed by atoms with Gasteiger partial charge in [0.25, 0.3) is 0 Å². The van der Waals surface area contributed by atoms with Gasteiger partial charge in [0.05, 0.1) is 35.3 Å². The number of anilines is 1. The van der Waals surface area contributed by atoms with Crippen molar-refractivity contribution in [3.8, 4) is 22.6 Å². The number of benzene rings is 3. The van der Waals surface area contributed by atoms with Gasteiger partial charge in [-0.15, -0.1) is 0 Å². The number of methoxy groups -OCH3 is 1. The summed E-state index contributed by atoms with van der Waals surface area (Å²) >= 11 is 7.64. The molecule has 5 rings (SSSR count). The average Bonchev–Trinajstić information content (AvgIpc) is 3.18. The number of hydrogen-bond acceptors (Lipinski definition) is 4. The average molecular weight is 487 g/mol. The van der Waals surface area contributed by atoms with Gasteiger partial charge < -0.3 is 9.64 Å². The molecule has 4 aromatic rings. The molecule has 0 radical (unpaired) electrons. The number of carbonyl (C=O) groups is 1. The van der Waals surface area contributed by atoms with Crippen molar-refractivity contribution < 1.29 is 9.53 Å². The number of carbonyl (C=O) groups excluding carboxylic acids is 1. The highest BCUT2D eigenvalue weighted by atomic mass is 32.1. The Morgan fingerprint density at radius 3 is 2.41 bits per heavy atom. The molecule has 172 valence electrons. The van der Waals surface area contributed by atoms with Gasteiger partial charge in [-0.3, -0.25) is 8.75 Å². The van der Waals surface area contributed by atoms with E-state index >= 15 is 0 Å². The third-order valence-corrected chi connectivity index (χ3v) is 8.30. The molecule has 0 fully saturated rings. The Morgan fingerprint density at radius 1 is 1.03 bits per heavy atom. The molecule has 1 aliphatic heterocycles. The summed E-state index contributed by atoms with van der Waals surface area (Å²) in [4.78, 5) is 16.8. The van der Waals surface area contributed by atoms with E-state index < -0.39 is 5.54 Å². The third-order valence-electron chi connectivity index (χ3n) is 6.34. The zero-order valence-corrected chi connectivity index (χ0v) is 21.3. The molecule has 4 nitrogen and oxygen atoms in total. The Balaban J connectivity index is 1.68. The Bertz CT molecular complexity index is 1430. The Kier molecular flexibility index (Phi) is 5.66. The molecule has 0 spiro atoms. The first-order chi connectivity index (χ1) is 16.3. The lowest BCUT2D eigenvalue weighted by Crippen LogP contribution is -2.48. The van der Waals surface area contributed by atoms with Crippen LogP contribution in [0, 0.1) is 11.6 Å². The summed E-state index contributed by atoms with van der Waals surface area (Å²) in [6.07, 6.45) is 0.345.